The summed E-state index contributed by atoms with van der Waals surface area (Å²) in [5.41, 5.74) is 6.02. The molecule has 16 heavy (non-hydrogen) atoms. The van der Waals surface area contributed by atoms with Crippen molar-refractivity contribution < 1.29 is 8.42 Å². The maximum atomic E-state index is 11.7. The monoisotopic (exact) mass is 245 g/mol. The van der Waals surface area contributed by atoms with Crippen molar-refractivity contribution in [2.45, 2.75) is 39.0 Å². The Morgan fingerprint density at radius 1 is 1.25 bits per heavy atom. The summed E-state index contributed by atoms with van der Waals surface area (Å²) in [6, 6.07) is 0. The average molecular weight is 245 g/mol. The number of rotatable bonds is 6. The Hall–Kier alpha value is -0.0900. The Balaban J connectivity index is 1.88. The van der Waals surface area contributed by atoms with E-state index in [9.17, 15) is 8.42 Å². The quantitative estimate of drug-likeness (QED) is 0.773. The highest BCUT2D eigenvalue weighted by Gasteiger charge is 2.52. The largest absolute Gasteiger partial charge is 0.330 e. The Morgan fingerprint density at radius 2 is 1.88 bits per heavy atom. The van der Waals surface area contributed by atoms with E-state index in [1.165, 1.54) is 19.3 Å². The van der Waals surface area contributed by atoms with Crippen LogP contribution in [0.25, 0.3) is 0 Å². The summed E-state index contributed by atoms with van der Waals surface area (Å²) in [5, 5.41) is 0. The first-order chi connectivity index (χ1) is 7.50. The maximum absolute atomic E-state index is 11.7. The Morgan fingerprint density at radius 3 is 2.38 bits per heavy atom. The maximum Gasteiger partial charge on any atom is 0.150 e. The number of hydrogen-bond donors (Lipinski definition) is 1. The molecule has 2 aliphatic rings. The van der Waals surface area contributed by atoms with Gasteiger partial charge in [-0.3, -0.25) is 0 Å². The Labute approximate surface area is 98.7 Å². The van der Waals surface area contributed by atoms with E-state index in [1.807, 2.05) is 6.92 Å². The third kappa shape index (κ3) is 2.59. The first kappa shape index (κ1) is 12.4. The van der Waals surface area contributed by atoms with E-state index in [0.717, 1.165) is 24.7 Å². The van der Waals surface area contributed by atoms with Crippen LogP contribution in [-0.2, 0) is 9.84 Å². The molecular formula is C12H23NO2S. The molecule has 0 bridgehead atoms. The van der Waals surface area contributed by atoms with Crippen LogP contribution in [-0.4, -0.2) is 26.5 Å². The summed E-state index contributed by atoms with van der Waals surface area (Å²) in [6.45, 7) is 2.59. The molecule has 0 radical (unpaired) electrons. The minimum Gasteiger partial charge on any atom is -0.330 e. The molecule has 0 amide bonds. The Bertz CT molecular complexity index is 340. The minimum atomic E-state index is -2.83. The topological polar surface area (TPSA) is 60.2 Å². The van der Waals surface area contributed by atoms with Crippen molar-refractivity contribution in [1.82, 2.24) is 0 Å². The molecule has 0 aromatic heterocycles. The first-order valence-electron chi connectivity index (χ1n) is 6.41. The molecule has 2 atom stereocenters. The van der Waals surface area contributed by atoms with Gasteiger partial charge in [-0.15, -0.1) is 0 Å². The van der Waals surface area contributed by atoms with Gasteiger partial charge in [0.25, 0.3) is 0 Å². The Kier molecular flexibility index (Phi) is 3.32. The van der Waals surface area contributed by atoms with Crippen molar-refractivity contribution in [3.05, 3.63) is 0 Å². The van der Waals surface area contributed by atoms with Gasteiger partial charge in [-0.25, -0.2) is 8.42 Å². The van der Waals surface area contributed by atoms with Crippen LogP contribution in [0.2, 0.25) is 0 Å². The molecule has 2 aliphatic carbocycles. The van der Waals surface area contributed by atoms with Crippen molar-refractivity contribution in [3.63, 3.8) is 0 Å². The number of nitrogens with two attached hydrogens (primary N) is 1. The fourth-order valence-electron chi connectivity index (χ4n) is 3.26. The van der Waals surface area contributed by atoms with Gasteiger partial charge in [0.2, 0.25) is 0 Å². The zero-order chi connectivity index (χ0) is 11.8. The second-order valence-corrected chi connectivity index (χ2v) is 8.07. The highest BCUT2D eigenvalue weighted by atomic mass is 32.2. The molecule has 2 N–H and O–H groups in total. The van der Waals surface area contributed by atoms with Crippen molar-refractivity contribution in [1.29, 1.82) is 0 Å². The highest BCUT2D eigenvalue weighted by molar-refractivity contribution is 7.91. The van der Waals surface area contributed by atoms with Crippen LogP contribution in [0, 0.1) is 17.3 Å². The fraction of sp³-hybridized carbons (Fsp3) is 1.00. The van der Waals surface area contributed by atoms with E-state index in [1.54, 1.807) is 0 Å². The number of hydrogen-bond acceptors (Lipinski definition) is 3. The van der Waals surface area contributed by atoms with Gasteiger partial charge in [-0.2, -0.15) is 0 Å². The van der Waals surface area contributed by atoms with Gasteiger partial charge in [0, 0.05) is 5.75 Å². The third-order valence-corrected chi connectivity index (χ3v) is 6.21. The summed E-state index contributed by atoms with van der Waals surface area (Å²) in [4.78, 5) is 0. The lowest BCUT2D eigenvalue weighted by molar-refractivity contribution is 0.265. The minimum absolute atomic E-state index is 0.161. The molecule has 0 spiro atoms. The fourth-order valence-corrected chi connectivity index (χ4v) is 4.83. The summed E-state index contributed by atoms with van der Waals surface area (Å²) < 4.78 is 23.4. The van der Waals surface area contributed by atoms with E-state index in [-0.39, 0.29) is 5.41 Å². The molecule has 2 rings (SSSR count). The first-order valence-corrected chi connectivity index (χ1v) is 8.23. The third-order valence-electron chi connectivity index (χ3n) is 4.35. The van der Waals surface area contributed by atoms with Gasteiger partial charge < -0.3 is 5.73 Å². The van der Waals surface area contributed by atoms with Gasteiger partial charge in [0.15, 0.2) is 0 Å². The summed E-state index contributed by atoms with van der Waals surface area (Å²) >= 11 is 0. The van der Waals surface area contributed by atoms with Crippen molar-refractivity contribution >= 4 is 9.84 Å². The lowest BCUT2D eigenvalue weighted by Crippen LogP contribution is -2.31. The van der Waals surface area contributed by atoms with E-state index in [0.29, 0.717) is 18.1 Å². The van der Waals surface area contributed by atoms with Gasteiger partial charge in [-0.05, 0) is 55.9 Å². The second kappa shape index (κ2) is 4.30. The molecule has 2 fully saturated rings. The van der Waals surface area contributed by atoms with Crippen LogP contribution in [0.4, 0.5) is 0 Å². The zero-order valence-electron chi connectivity index (χ0n) is 10.1. The average Bonchev–Trinajstić information content (AvgIpc) is 2.84. The van der Waals surface area contributed by atoms with Gasteiger partial charge in [-0.1, -0.05) is 6.92 Å². The molecule has 4 heteroatoms. The van der Waals surface area contributed by atoms with Crippen molar-refractivity contribution in [3.8, 4) is 0 Å². The van der Waals surface area contributed by atoms with Crippen LogP contribution in [0.3, 0.4) is 0 Å². The molecule has 3 nitrogen and oxygen atoms in total. The number of sulfone groups is 1. The van der Waals surface area contributed by atoms with Crippen LogP contribution >= 0.6 is 0 Å². The van der Waals surface area contributed by atoms with Gasteiger partial charge in [0.05, 0.1) is 5.75 Å². The van der Waals surface area contributed by atoms with Crippen molar-refractivity contribution in [2.24, 2.45) is 23.0 Å². The van der Waals surface area contributed by atoms with E-state index >= 15 is 0 Å². The molecule has 0 heterocycles. The molecule has 0 aliphatic heterocycles. The lowest BCUT2D eigenvalue weighted by atomic mass is 9.80. The number of fused-ring (bicyclic) bond motifs is 1. The predicted octanol–water partition coefficient (Wildman–Crippen LogP) is 1.58. The van der Waals surface area contributed by atoms with Gasteiger partial charge >= 0.3 is 0 Å². The standard InChI is InChI=1S/C12H23NO2S/c1-2-4-16(14,15)5-3-12(9-13)7-10-6-11(10)8-12/h10-11H,2-9,13H2,1H3. The summed E-state index contributed by atoms with van der Waals surface area (Å²) in [5.74, 6) is 2.42. The second-order valence-electron chi connectivity index (χ2n) is 5.77. The van der Waals surface area contributed by atoms with Crippen LogP contribution in [0.5, 0.6) is 0 Å². The lowest BCUT2D eigenvalue weighted by Gasteiger charge is -2.29. The summed E-state index contributed by atoms with van der Waals surface area (Å²) in [6.07, 6.45) is 5.23. The molecule has 0 saturated heterocycles. The van der Waals surface area contributed by atoms with Crippen LogP contribution in [0.1, 0.15) is 39.0 Å². The highest BCUT2D eigenvalue weighted by Crippen LogP contribution is 2.60. The summed E-state index contributed by atoms with van der Waals surface area (Å²) in [7, 11) is -2.83. The van der Waals surface area contributed by atoms with Gasteiger partial charge in [0.1, 0.15) is 9.84 Å². The van der Waals surface area contributed by atoms with E-state index in [2.05, 4.69) is 0 Å². The SMILES string of the molecule is CCCS(=O)(=O)CCC1(CN)CC2CC2C1. The van der Waals surface area contributed by atoms with Crippen LogP contribution in [0.15, 0.2) is 0 Å². The van der Waals surface area contributed by atoms with Crippen molar-refractivity contribution in [2.75, 3.05) is 18.1 Å². The molecule has 2 unspecified atom stereocenters. The smallest absolute Gasteiger partial charge is 0.150 e. The van der Waals surface area contributed by atoms with E-state index in [4.69, 9.17) is 5.73 Å². The predicted molar refractivity (Wildman–Crippen MR) is 65.9 cm³/mol. The molecular weight excluding hydrogens is 222 g/mol. The normalized spacial score (nSPS) is 37.4. The molecule has 0 aromatic carbocycles. The zero-order valence-corrected chi connectivity index (χ0v) is 10.9. The molecule has 94 valence electrons. The van der Waals surface area contributed by atoms with E-state index < -0.39 is 9.84 Å². The van der Waals surface area contributed by atoms with Crippen LogP contribution < -0.4 is 5.73 Å². The molecule has 0 aromatic rings. The molecule has 2 saturated carbocycles.